The van der Waals surface area contributed by atoms with Crippen LogP contribution in [-0.4, -0.2) is 12.6 Å². The minimum atomic E-state index is 0.310. The van der Waals surface area contributed by atoms with Gasteiger partial charge in [0.1, 0.15) is 0 Å². The molecule has 80 valence electrons. The highest BCUT2D eigenvalue weighted by Gasteiger charge is 2.19. The Morgan fingerprint density at radius 3 is 2.27 bits per heavy atom. The highest BCUT2D eigenvalue weighted by atomic mass is 15.6. The summed E-state index contributed by atoms with van der Waals surface area (Å²) in [6, 6.07) is 4.70. The van der Waals surface area contributed by atoms with Gasteiger partial charge in [0.15, 0.2) is 0 Å². The number of benzene rings is 1. The van der Waals surface area contributed by atoms with Gasteiger partial charge in [-0.25, -0.2) is 5.01 Å². The summed E-state index contributed by atoms with van der Waals surface area (Å²) in [6.45, 7) is 9.37. The predicted molar refractivity (Wildman–Crippen MR) is 62.3 cm³/mol. The number of rotatable bonds is 1. The van der Waals surface area contributed by atoms with E-state index in [-0.39, 0.29) is 0 Å². The van der Waals surface area contributed by atoms with E-state index in [2.05, 4.69) is 50.2 Å². The second-order valence-electron chi connectivity index (χ2n) is 4.38. The monoisotopic (exact) mass is 203 g/mol. The Morgan fingerprint density at radius 1 is 1.20 bits per heavy atom. The largest absolute Gasteiger partial charge is 0.245 e. The van der Waals surface area contributed by atoms with Crippen LogP contribution >= 0.6 is 0 Å². The third-order valence-electron chi connectivity index (χ3n) is 2.69. The number of hydrogen-bond acceptors (Lipinski definition) is 3. The van der Waals surface area contributed by atoms with E-state index in [1.54, 1.807) is 0 Å². The molecule has 1 unspecified atom stereocenters. The van der Waals surface area contributed by atoms with Crippen LogP contribution in [0.4, 0.5) is 5.69 Å². The fourth-order valence-electron chi connectivity index (χ4n) is 2.19. The first-order chi connectivity index (χ1) is 7.08. The van der Waals surface area contributed by atoms with E-state index in [1.165, 1.54) is 22.4 Å². The highest BCUT2D eigenvalue weighted by molar-refractivity contribution is 5.59. The van der Waals surface area contributed by atoms with Gasteiger partial charge in [0.25, 0.3) is 0 Å². The van der Waals surface area contributed by atoms with Crippen molar-refractivity contribution in [2.45, 2.75) is 33.7 Å². The van der Waals surface area contributed by atoms with Crippen molar-refractivity contribution in [3.63, 3.8) is 0 Å². The van der Waals surface area contributed by atoms with Crippen LogP contribution in [0, 0.1) is 20.8 Å². The molecule has 1 aromatic carbocycles. The van der Waals surface area contributed by atoms with Gasteiger partial charge in [0, 0.05) is 0 Å². The van der Waals surface area contributed by atoms with Crippen LogP contribution in [0.1, 0.15) is 23.6 Å². The van der Waals surface area contributed by atoms with Crippen molar-refractivity contribution in [3.05, 3.63) is 28.8 Å². The summed E-state index contributed by atoms with van der Waals surface area (Å²) in [7, 11) is 0. The standard InChI is InChI=1S/C12H17N3/c1-8-5-9(2)12(10(3)6-8)15-7-11(4)13-14-15/h5-6,11H,7H2,1-4H3. The van der Waals surface area contributed by atoms with Gasteiger partial charge in [-0.2, -0.15) is 5.11 Å². The van der Waals surface area contributed by atoms with Gasteiger partial charge in [-0.15, -0.1) is 0 Å². The van der Waals surface area contributed by atoms with Crippen LogP contribution in [0.15, 0.2) is 22.5 Å². The Labute approximate surface area is 90.8 Å². The zero-order valence-electron chi connectivity index (χ0n) is 9.78. The number of nitrogens with zero attached hydrogens (tertiary/aromatic N) is 3. The van der Waals surface area contributed by atoms with Gasteiger partial charge in [0.2, 0.25) is 0 Å². The molecule has 0 aromatic heterocycles. The van der Waals surface area contributed by atoms with Crippen LogP contribution in [0.2, 0.25) is 0 Å². The van der Waals surface area contributed by atoms with Crippen LogP contribution in [0.3, 0.4) is 0 Å². The van der Waals surface area contributed by atoms with Gasteiger partial charge < -0.3 is 0 Å². The molecule has 1 atom stereocenters. The summed E-state index contributed by atoms with van der Waals surface area (Å²) in [5.41, 5.74) is 5.08. The average Bonchev–Trinajstić information content (AvgIpc) is 2.49. The fourth-order valence-corrected chi connectivity index (χ4v) is 2.19. The van der Waals surface area contributed by atoms with Crippen LogP contribution in [0.25, 0.3) is 0 Å². The SMILES string of the molecule is Cc1cc(C)c(N2CC(C)N=N2)c(C)c1. The van der Waals surface area contributed by atoms with Crippen molar-refractivity contribution in [3.8, 4) is 0 Å². The maximum atomic E-state index is 4.20. The summed E-state index contributed by atoms with van der Waals surface area (Å²) in [5.74, 6) is 0. The molecule has 0 radical (unpaired) electrons. The molecule has 1 heterocycles. The van der Waals surface area contributed by atoms with Gasteiger partial charge in [-0.1, -0.05) is 22.9 Å². The fraction of sp³-hybridized carbons (Fsp3) is 0.500. The highest BCUT2D eigenvalue weighted by Crippen LogP contribution is 2.29. The second-order valence-corrected chi connectivity index (χ2v) is 4.38. The lowest BCUT2D eigenvalue weighted by Gasteiger charge is -2.18. The molecule has 2 rings (SSSR count). The molecule has 0 spiro atoms. The van der Waals surface area contributed by atoms with Gasteiger partial charge in [-0.05, 0) is 38.8 Å². The Kier molecular flexibility index (Phi) is 2.47. The lowest BCUT2D eigenvalue weighted by Crippen LogP contribution is -2.20. The predicted octanol–water partition coefficient (Wildman–Crippen LogP) is 3.19. The van der Waals surface area contributed by atoms with Crippen molar-refractivity contribution >= 4 is 5.69 Å². The summed E-state index contributed by atoms with van der Waals surface area (Å²) in [6.07, 6.45) is 0. The van der Waals surface area contributed by atoms with E-state index >= 15 is 0 Å². The van der Waals surface area contributed by atoms with Crippen LogP contribution in [-0.2, 0) is 0 Å². The third-order valence-corrected chi connectivity index (χ3v) is 2.69. The Hall–Kier alpha value is -1.38. The van der Waals surface area contributed by atoms with Gasteiger partial charge >= 0.3 is 0 Å². The smallest absolute Gasteiger partial charge is 0.0898 e. The summed E-state index contributed by atoms with van der Waals surface area (Å²) < 4.78 is 0. The quantitative estimate of drug-likeness (QED) is 0.689. The molecule has 0 fully saturated rings. The Bertz CT molecular complexity index is 386. The second kappa shape index (κ2) is 3.65. The molecule has 0 amide bonds. The first-order valence-electron chi connectivity index (χ1n) is 5.34. The molecular formula is C12H17N3. The van der Waals surface area contributed by atoms with E-state index in [0.717, 1.165) is 6.54 Å². The number of anilines is 1. The summed E-state index contributed by atoms with van der Waals surface area (Å²) in [4.78, 5) is 0. The summed E-state index contributed by atoms with van der Waals surface area (Å²) >= 11 is 0. The van der Waals surface area contributed by atoms with E-state index in [0.29, 0.717) is 6.04 Å². The first kappa shape index (κ1) is 10.1. The van der Waals surface area contributed by atoms with E-state index in [9.17, 15) is 0 Å². The Morgan fingerprint density at radius 2 is 1.80 bits per heavy atom. The molecule has 0 saturated heterocycles. The van der Waals surface area contributed by atoms with E-state index < -0.39 is 0 Å². The molecule has 0 N–H and O–H groups in total. The summed E-state index contributed by atoms with van der Waals surface area (Å²) in [5, 5.41) is 10.4. The van der Waals surface area contributed by atoms with Crippen molar-refractivity contribution < 1.29 is 0 Å². The molecule has 3 heteroatoms. The number of aryl methyl sites for hydroxylation is 3. The third kappa shape index (κ3) is 1.87. The lowest BCUT2D eigenvalue weighted by atomic mass is 10.0. The minimum Gasteiger partial charge on any atom is -0.245 e. The molecule has 1 aromatic rings. The minimum absolute atomic E-state index is 0.310. The van der Waals surface area contributed by atoms with Crippen molar-refractivity contribution in [1.29, 1.82) is 0 Å². The zero-order chi connectivity index (χ0) is 11.0. The maximum Gasteiger partial charge on any atom is 0.0898 e. The first-order valence-corrected chi connectivity index (χ1v) is 5.34. The van der Waals surface area contributed by atoms with Crippen LogP contribution < -0.4 is 5.01 Å². The lowest BCUT2D eigenvalue weighted by molar-refractivity contribution is 0.793. The topological polar surface area (TPSA) is 28.0 Å². The molecule has 0 aliphatic carbocycles. The molecule has 1 aliphatic heterocycles. The van der Waals surface area contributed by atoms with E-state index in [1.807, 2.05) is 5.01 Å². The maximum absolute atomic E-state index is 4.20. The molecule has 1 aliphatic rings. The molecule has 0 bridgehead atoms. The van der Waals surface area contributed by atoms with E-state index in [4.69, 9.17) is 0 Å². The van der Waals surface area contributed by atoms with Crippen molar-refractivity contribution in [2.75, 3.05) is 11.6 Å². The normalized spacial score (nSPS) is 20.0. The zero-order valence-corrected chi connectivity index (χ0v) is 9.78. The van der Waals surface area contributed by atoms with Crippen molar-refractivity contribution in [1.82, 2.24) is 0 Å². The molecular weight excluding hydrogens is 186 g/mol. The average molecular weight is 203 g/mol. The molecule has 3 nitrogen and oxygen atoms in total. The number of hydrogen-bond donors (Lipinski definition) is 0. The molecule has 0 saturated carbocycles. The van der Waals surface area contributed by atoms with Gasteiger partial charge in [0.05, 0.1) is 18.3 Å². The Balaban J connectivity index is 2.40. The molecule has 15 heavy (non-hydrogen) atoms. The van der Waals surface area contributed by atoms with Gasteiger partial charge in [-0.3, -0.25) is 0 Å². The van der Waals surface area contributed by atoms with Crippen LogP contribution in [0.5, 0.6) is 0 Å². The van der Waals surface area contributed by atoms with Crippen molar-refractivity contribution in [2.24, 2.45) is 10.3 Å².